The summed E-state index contributed by atoms with van der Waals surface area (Å²) in [5.74, 6) is -2.00. The van der Waals surface area contributed by atoms with Crippen molar-refractivity contribution >= 4 is 23.7 Å². The summed E-state index contributed by atoms with van der Waals surface area (Å²) >= 11 is 0. The van der Waals surface area contributed by atoms with Gasteiger partial charge in [-0.3, -0.25) is 19.2 Å². The maximum absolute atomic E-state index is 11.3. The second-order valence-electron chi connectivity index (χ2n) is 4.24. The minimum atomic E-state index is -1.14. The van der Waals surface area contributed by atoms with Gasteiger partial charge in [-0.05, 0) is 12.8 Å². The molecule has 8 nitrogen and oxygen atoms in total. The van der Waals surface area contributed by atoms with Gasteiger partial charge in [0.2, 0.25) is 17.7 Å². The molecule has 0 heterocycles. The van der Waals surface area contributed by atoms with Crippen molar-refractivity contribution in [1.82, 2.24) is 16.0 Å². The number of carbonyl (C=O) groups is 4. The number of aliphatic carboxylic acids is 1. The standard InChI is InChI=1S/C12H21N3O5/c1-9(16)13-6-4-2-3-5-10(17)14-7-11(18)15-8-12(19)20/h2-8H2,1H3,(H,13,16)(H,14,17)(H,15,18)(H,19,20). The predicted molar refractivity (Wildman–Crippen MR) is 70.8 cm³/mol. The molecule has 0 radical (unpaired) electrons. The van der Waals surface area contributed by atoms with Crippen LogP contribution in [0.1, 0.15) is 32.6 Å². The van der Waals surface area contributed by atoms with Gasteiger partial charge in [0.1, 0.15) is 6.54 Å². The van der Waals surface area contributed by atoms with Gasteiger partial charge in [0.05, 0.1) is 6.54 Å². The van der Waals surface area contributed by atoms with Crippen molar-refractivity contribution in [2.45, 2.75) is 32.6 Å². The Bertz CT molecular complexity index is 357. The molecule has 0 bridgehead atoms. The van der Waals surface area contributed by atoms with Crippen molar-refractivity contribution in [2.24, 2.45) is 0 Å². The second kappa shape index (κ2) is 10.8. The van der Waals surface area contributed by atoms with Crippen LogP contribution < -0.4 is 16.0 Å². The first-order valence-corrected chi connectivity index (χ1v) is 6.41. The third-order valence-electron chi connectivity index (χ3n) is 2.34. The number of hydrogen-bond donors (Lipinski definition) is 4. The van der Waals surface area contributed by atoms with E-state index in [9.17, 15) is 19.2 Å². The number of carboxylic acids is 1. The monoisotopic (exact) mass is 287 g/mol. The summed E-state index contributed by atoms with van der Waals surface area (Å²) in [6.45, 7) is 1.35. The first-order chi connectivity index (χ1) is 9.41. The summed E-state index contributed by atoms with van der Waals surface area (Å²) in [6.07, 6.45) is 2.57. The minimum absolute atomic E-state index is 0.0740. The molecular weight excluding hydrogens is 266 g/mol. The predicted octanol–water partition coefficient (Wildman–Crippen LogP) is -1.00. The third kappa shape index (κ3) is 12.3. The number of carbonyl (C=O) groups excluding carboxylic acids is 3. The Morgan fingerprint density at radius 3 is 2.10 bits per heavy atom. The zero-order valence-corrected chi connectivity index (χ0v) is 11.5. The Hall–Kier alpha value is -2.12. The van der Waals surface area contributed by atoms with Gasteiger partial charge in [0.25, 0.3) is 0 Å². The van der Waals surface area contributed by atoms with E-state index in [-0.39, 0.29) is 18.4 Å². The van der Waals surface area contributed by atoms with E-state index in [2.05, 4.69) is 16.0 Å². The molecule has 0 saturated carbocycles. The van der Waals surface area contributed by atoms with Gasteiger partial charge in [-0.15, -0.1) is 0 Å². The number of rotatable bonds is 10. The average molecular weight is 287 g/mol. The highest BCUT2D eigenvalue weighted by Gasteiger charge is 2.06. The zero-order chi connectivity index (χ0) is 15.4. The van der Waals surface area contributed by atoms with Crippen molar-refractivity contribution in [3.63, 3.8) is 0 Å². The van der Waals surface area contributed by atoms with E-state index in [0.29, 0.717) is 19.4 Å². The van der Waals surface area contributed by atoms with Crippen LogP contribution in [0.5, 0.6) is 0 Å². The number of hydrogen-bond acceptors (Lipinski definition) is 4. The maximum Gasteiger partial charge on any atom is 0.322 e. The average Bonchev–Trinajstić information content (AvgIpc) is 2.37. The second-order valence-corrected chi connectivity index (χ2v) is 4.24. The Morgan fingerprint density at radius 2 is 1.50 bits per heavy atom. The number of carboxylic acid groups (broad SMARTS) is 1. The highest BCUT2D eigenvalue weighted by atomic mass is 16.4. The zero-order valence-electron chi connectivity index (χ0n) is 11.5. The van der Waals surface area contributed by atoms with Crippen molar-refractivity contribution in [1.29, 1.82) is 0 Å². The van der Waals surface area contributed by atoms with E-state index in [1.165, 1.54) is 6.92 Å². The molecule has 0 aliphatic rings. The molecule has 0 spiro atoms. The van der Waals surface area contributed by atoms with Crippen LogP contribution in [0.15, 0.2) is 0 Å². The summed E-state index contributed by atoms with van der Waals surface area (Å²) in [7, 11) is 0. The van der Waals surface area contributed by atoms with E-state index in [1.54, 1.807) is 0 Å². The van der Waals surface area contributed by atoms with E-state index >= 15 is 0 Å². The van der Waals surface area contributed by atoms with Crippen LogP contribution in [0.3, 0.4) is 0 Å². The molecule has 0 aromatic heterocycles. The van der Waals surface area contributed by atoms with Crippen LogP contribution in [0.25, 0.3) is 0 Å². The Balaban J connectivity index is 3.47. The summed E-state index contributed by atoms with van der Waals surface area (Å²) in [6, 6.07) is 0. The molecule has 0 aromatic carbocycles. The van der Waals surface area contributed by atoms with Crippen LogP contribution in [0.4, 0.5) is 0 Å². The molecule has 0 rings (SSSR count). The molecule has 4 N–H and O–H groups in total. The fourth-order valence-electron chi connectivity index (χ4n) is 1.36. The fourth-order valence-corrected chi connectivity index (χ4v) is 1.36. The molecule has 20 heavy (non-hydrogen) atoms. The SMILES string of the molecule is CC(=O)NCCCCCC(=O)NCC(=O)NCC(=O)O. The minimum Gasteiger partial charge on any atom is -0.480 e. The molecule has 0 atom stereocenters. The topological polar surface area (TPSA) is 125 Å². The molecule has 0 unspecified atom stereocenters. The molecule has 0 aromatic rings. The Labute approximate surface area is 117 Å². The van der Waals surface area contributed by atoms with Gasteiger partial charge in [0, 0.05) is 19.9 Å². The van der Waals surface area contributed by atoms with Gasteiger partial charge in [-0.1, -0.05) is 6.42 Å². The van der Waals surface area contributed by atoms with Crippen LogP contribution >= 0.6 is 0 Å². The lowest BCUT2D eigenvalue weighted by Gasteiger charge is -2.05. The summed E-state index contributed by atoms with van der Waals surface area (Å²) in [5.41, 5.74) is 0. The molecule has 114 valence electrons. The van der Waals surface area contributed by atoms with E-state index in [0.717, 1.165) is 12.8 Å². The molecule has 0 aliphatic carbocycles. The van der Waals surface area contributed by atoms with Crippen molar-refractivity contribution < 1.29 is 24.3 Å². The van der Waals surface area contributed by atoms with Crippen molar-refractivity contribution in [3.8, 4) is 0 Å². The first-order valence-electron chi connectivity index (χ1n) is 6.41. The smallest absolute Gasteiger partial charge is 0.322 e. The van der Waals surface area contributed by atoms with E-state index in [1.807, 2.05) is 0 Å². The highest BCUT2D eigenvalue weighted by molar-refractivity contribution is 5.86. The van der Waals surface area contributed by atoms with Crippen LogP contribution in [-0.4, -0.2) is 48.4 Å². The number of nitrogens with one attached hydrogen (secondary N) is 3. The van der Waals surface area contributed by atoms with Gasteiger partial charge in [-0.25, -0.2) is 0 Å². The molecule has 3 amide bonds. The maximum atomic E-state index is 11.3. The van der Waals surface area contributed by atoms with Gasteiger partial charge >= 0.3 is 5.97 Å². The first kappa shape index (κ1) is 17.9. The highest BCUT2D eigenvalue weighted by Crippen LogP contribution is 1.98. The lowest BCUT2D eigenvalue weighted by molar-refractivity contribution is -0.137. The Kier molecular flexibility index (Phi) is 9.63. The number of amides is 3. The lowest BCUT2D eigenvalue weighted by Crippen LogP contribution is -2.38. The van der Waals surface area contributed by atoms with Gasteiger partial charge in [-0.2, -0.15) is 0 Å². The van der Waals surface area contributed by atoms with Crippen LogP contribution in [-0.2, 0) is 19.2 Å². The lowest BCUT2D eigenvalue weighted by atomic mass is 10.2. The summed E-state index contributed by atoms with van der Waals surface area (Å²) in [5, 5.41) is 15.5. The Morgan fingerprint density at radius 1 is 0.850 bits per heavy atom. The van der Waals surface area contributed by atoms with Crippen LogP contribution in [0.2, 0.25) is 0 Å². The van der Waals surface area contributed by atoms with Gasteiger partial charge < -0.3 is 21.1 Å². The molecular formula is C12H21N3O5. The normalized spacial score (nSPS) is 9.65. The third-order valence-corrected chi connectivity index (χ3v) is 2.34. The summed E-state index contributed by atoms with van der Waals surface area (Å²) in [4.78, 5) is 43.2. The number of unbranched alkanes of at least 4 members (excludes halogenated alkanes) is 2. The molecule has 0 aliphatic heterocycles. The summed E-state index contributed by atoms with van der Waals surface area (Å²) < 4.78 is 0. The van der Waals surface area contributed by atoms with Gasteiger partial charge in [0.15, 0.2) is 0 Å². The largest absolute Gasteiger partial charge is 0.480 e. The fraction of sp³-hybridized carbons (Fsp3) is 0.667. The molecule has 0 fully saturated rings. The quantitative estimate of drug-likeness (QED) is 0.384. The van der Waals surface area contributed by atoms with Crippen LogP contribution in [0, 0.1) is 0 Å². The van der Waals surface area contributed by atoms with E-state index in [4.69, 9.17) is 5.11 Å². The molecule has 0 saturated heterocycles. The molecule has 8 heteroatoms. The van der Waals surface area contributed by atoms with E-state index < -0.39 is 18.4 Å². The van der Waals surface area contributed by atoms with Crippen molar-refractivity contribution in [3.05, 3.63) is 0 Å². The van der Waals surface area contributed by atoms with Crippen molar-refractivity contribution in [2.75, 3.05) is 19.6 Å².